The van der Waals surface area contributed by atoms with E-state index in [1.807, 2.05) is 43.3 Å². The fourth-order valence-corrected chi connectivity index (χ4v) is 2.81. The van der Waals surface area contributed by atoms with Gasteiger partial charge >= 0.3 is 0 Å². The van der Waals surface area contributed by atoms with Gasteiger partial charge in [0.1, 0.15) is 0 Å². The predicted octanol–water partition coefficient (Wildman–Crippen LogP) is 2.55. The molecule has 0 atom stereocenters. The lowest BCUT2D eigenvalue weighted by Crippen LogP contribution is -2.25. The number of nitrogens with one attached hydrogen (secondary N) is 1. The Labute approximate surface area is 152 Å². The molecule has 0 fully saturated rings. The Bertz CT molecular complexity index is 928. The van der Waals surface area contributed by atoms with Crippen LogP contribution >= 0.6 is 0 Å². The van der Waals surface area contributed by atoms with E-state index in [0.717, 1.165) is 24.2 Å². The molecular formula is C20H22N4O2. The molecule has 2 aromatic heterocycles. The first-order valence-electron chi connectivity index (χ1n) is 8.70. The van der Waals surface area contributed by atoms with E-state index in [2.05, 4.69) is 10.4 Å². The number of unbranched alkanes of at least 4 members (excludes halogenated alkanes) is 1. The smallest absolute Gasteiger partial charge is 0.254 e. The quantitative estimate of drug-likeness (QED) is 0.666. The first-order chi connectivity index (χ1) is 12.7. The summed E-state index contributed by atoms with van der Waals surface area (Å²) in [7, 11) is 0. The van der Waals surface area contributed by atoms with E-state index in [-0.39, 0.29) is 11.5 Å². The monoisotopic (exact) mass is 350 g/mol. The van der Waals surface area contributed by atoms with E-state index in [4.69, 9.17) is 0 Å². The first-order valence-corrected chi connectivity index (χ1v) is 8.70. The van der Waals surface area contributed by atoms with Crippen molar-refractivity contribution in [1.29, 1.82) is 0 Å². The fraction of sp³-hybridized carbons (Fsp3) is 0.250. The highest BCUT2D eigenvalue weighted by molar-refractivity contribution is 5.95. The number of aryl methyl sites for hydroxylation is 1. The molecule has 6 heteroatoms. The van der Waals surface area contributed by atoms with Gasteiger partial charge in [-0.2, -0.15) is 5.10 Å². The molecule has 0 bridgehead atoms. The van der Waals surface area contributed by atoms with Gasteiger partial charge in [0, 0.05) is 25.4 Å². The third-order valence-corrected chi connectivity index (χ3v) is 4.27. The van der Waals surface area contributed by atoms with Crippen LogP contribution in [0.5, 0.6) is 0 Å². The van der Waals surface area contributed by atoms with E-state index in [0.29, 0.717) is 18.7 Å². The summed E-state index contributed by atoms with van der Waals surface area (Å²) in [4.78, 5) is 24.0. The second kappa shape index (κ2) is 8.29. The molecule has 3 rings (SSSR count). The summed E-state index contributed by atoms with van der Waals surface area (Å²) in [6.45, 7) is 3.10. The van der Waals surface area contributed by atoms with Gasteiger partial charge in [0.05, 0.1) is 23.1 Å². The number of aromatic nitrogens is 3. The Hall–Kier alpha value is -3.15. The maximum absolute atomic E-state index is 12.4. The van der Waals surface area contributed by atoms with Gasteiger partial charge in [-0.3, -0.25) is 9.59 Å². The molecule has 2 heterocycles. The van der Waals surface area contributed by atoms with Gasteiger partial charge in [-0.1, -0.05) is 24.3 Å². The van der Waals surface area contributed by atoms with Crippen LogP contribution in [0.4, 0.5) is 0 Å². The zero-order valence-electron chi connectivity index (χ0n) is 14.8. The molecule has 0 aliphatic rings. The van der Waals surface area contributed by atoms with Crippen molar-refractivity contribution in [3.05, 3.63) is 82.5 Å². The molecule has 3 aromatic rings. The second-order valence-corrected chi connectivity index (χ2v) is 6.09. The van der Waals surface area contributed by atoms with Crippen molar-refractivity contribution in [3.63, 3.8) is 0 Å². The van der Waals surface area contributed by atoms with E-state index >= 15 is 0 Å². The minimum Gasteiger partial charge on any atom is -0.352 e. The number of hydrogen-bond donors (Lipinski definition) is 1. The van der Waals surface area contributed by atoms with Crippen molar-refractivity contribution in [2.24, 2.45) is 0 Å². The molecule has 0 unspecified atom stereocenters. The third-order valence-electron chi connectivity index (χ3n) is 4.27. The van der Waals surface area contributed by atoms with Crippen LogP contribution in [-0.2, 0) is 6.54 Å². The second-order valence-electron chi connectivity index (χ2n) is 6.09. The number of nitrogens with zero attached hydrogens (tertiary/aromatic N) is 3. The number of hydrogen-bond acceptors (Lipinski definition) is 3. The molecule has 0 aliphatic carbocycles. The third kappa shape index (κ3) is 4.08. The highest BCUT2D eigenvalue weighted by Gasteiger charge is 2.14. The SMILES string of the molecule is Cc1c(C(=O)NCCCCn2ccccc2=O)cnn1-c1ccccc1. The lowest BCUT2D eigenvalue weighted by Gasteiger charge is -2.07. The van der Waals surface area contributed by atoms with Gasteiger partial charge in [-0.15, -0.1) is 0 Å². The molecule has 26 heavy (non-hydrogen) atoms. The van der Waals surface area contributed by atoms with E-state index in [1.165, 1.54) is 0 Å². The molecule has 1 N–H and O–H groups in total. The molecule has 0 aliphatic heterocycles. The summed E-state index contributed by atoms with van der Waals surface area (Å²) in [5.74, 6) is -0.124. The topological polar surface area (TPSA) is 68.9 Å². The van der Waals surface area contributed by atoms with E-state index < -0.39 is 0 Å². The maximum atomic E-state index is 12.4. The molecule has 0 radical (unpaired) electrons. The van der Waals surface area contributed by atoms with Crippen LogP contribution in [0.15, 0.2) is 65.7 Å². The van der Waals surface area contributed by atoms with Crippen molar-refractivity contribution in [2.45, 2.75) is 26.3 Å². The van der Waals surface area contributed by atoms with Crippen molar-refractivity contribution < 1.29 is 4.79 Å². The Kier molecular flexibility index (Phi) is 5.63. The lowest BCUT2D eigenvalue weighted by molar-refractivity contribution is 0.0952. The highest BCUT2D eigenvalue weighted by Crippen LogP contribution is 2.13. The van der Waals surface area contributed by atoms with Gasteiger partial charge in [-0.25, -0.2) is 4.68 Å². The number of pyridine rings is 1. The Balaban J connectivity index is 1.51. The van der Waals surface area contributed by atoms with Gasteiger partial charge in [0.2, 0.25) is 5.56 Å². The largest absolute Gasteiger partial charge is 0.352 e. The van der Waals surface area contributed by atoms with Crippen LogP contribution in [0.3, 0.4) is 0 Å². The van der Waals surface area contributed by atoms with Crippen molar-refractivity contribution in [2.75, 3.05) is 6.54 Å². The molecule has 134 valence electrons. The van der Waals surface area contributed by atoms with Gasteiger partial charge in [-0.05, 0) is 38.0 Å². The summed E-state index contributed by atoms with van der Waals surface area (Å²) in [5, 5.41) is 7.24. The van der Waals surface area contributed by atoms with E-state index in [9.17, 15) is 9.59 Å². The maximum Gasteiger partial charge on any atom is 0.254 e. The van der Waals surface area contributed by atoms with Crippen LogP contribution in [-0.4, -0.2) is 26.8 Å². The highest BCUT2D eigenvalue weighted by atomic mass is 16.1. The first kappa shape index (κ1) is 17.7. The number of carbonyl (C=O) groups is 1. The average Bonchev–Trinajstić information content (AvgIpc) is 3.05. The van der Waals surface area contributed by atoms with Crippen LogP contribution in [0.2, 0.25) is 0 Å². The van der Waals surface area contributed by atoms with Crippen molar-refractivity contribution >= 4 is 5.91 Å². The molecule has 0 saturated heterocycles. The van der Waals surface area contributed by atoms with E-state index in [1.54, 1.807) is 33.8 Å². The fourth-order valence-electron chi connectivity index (χ4n) is 2.81. The zero-order valence-corrected chi connectivity index (χ0v) is 14.8. The normalized spacial score (nSPS) is 10.7. The minimum atomic E-state index is -0.124. The van der Waals surface area contributed by atoms with Gasteiger partial charge in [0.25, 0.3) is 5.91 Å². The Morgan fingerprint density at radius 2 is 1.85 bits per heavy atom. The van der Waals surface area contributed by atoms with Crippen molar-refractivity contribution in [3.8, 4) is 5.69 Å². The summed E-state index contributed by atoms with van der Waals surface area (Å²) in [6.07, 6.45) is 5.01. The standard InChI is InChI=1S/C20H22N4O2/c1-16-18(15-22-24(16)17-9-3-2-4-10-17)20(26)21-12-6-8-14-23-13-7-5-11-19(23)25/h2-5,7,9-11,13,15H,6,8,12,14H2,1H3,(H,21,26). The van der Waals surface area contributed by atoms with Crippen LogP contribution < -0.4 is 10.9 Å². The zero-order chi connectivity index (χ0) is 18.4. The van der Waals surface area contributed by atoms with Crippen LogP contribution in [0.25, 0.3) is 5.69 Å². The summed E-state index contributed by atoms with van der Waals surface area (Å²) >= 11 is 0. The van der Waals surface area contributed by atoms with Gasteiger partial charge in [0.15, 0.2) is 0 Å². The average molecular weight is 350 g/mol. The number of rotatable bonds is 7. The lowest BCUT2D eigenvalue weighted by atomic mass is 10.2. The molecule has 6 nitrogen and oxygen atoms in total. The molecule has 1 aromatic carbocycles. The van der Waals surface area contributed by atoms with Gasteiger partial charge < -0.3 is 9.88 Å². The molecule has 0 spiro atoms. The Morgan fingerprint density at radius 3 is 2.62 bits per heavy atom. The molecule has 1 amide bonds. The predicted molar refractivity (Wildman–Crippen MR) is 101 cm³/mol. The number of amides is 1. The molecular weight excluding hydrogens is 328 g/mol. The summed E-state index contributed by atoms with van der Waals surface area (Å²) < 4.78 is 3.44. The van der Waals surface area contributed by atoms with Crippen LogP contribution in [0.1, 0.15) is 28.9 Å². The number of para-hydroxylation sites is 1. The van der Waals surface area contributed by atoms with Crippen molar-refractivity contribution in [1.82, 2.24) is 19.7 Å². The number of benzene rings is 1. The summed E-state index contributed by atoms with van der Waals surface area (Å²) in [5.41, 5.74) is 2.32. The summed E-state index contributed by atoms with van der Waals surface area (Å²) in [6, 6.07) is 14.9. The Morgan fingerprint density at radius 1 is 1.08 bits per heavy atom. The molecule has 0 saturated carbocycles. The number of carbonyl (C=O) groups excluding carboxylic acids is 1. The minimum absolute atomic E-state index is 0.000450. The van der Waals surface area contributed by atoms with Crippen LogP contribution in [0, 0.1) is 6.92 Å².